The highest BCUT2D eigenvalue weighted by Gasteiger charge is 2.20. The lowest BCUT2D eigenvalue weighted by Crippen LogP contribution is -2.52. The number of benzene rings is 1. The third kappa shape index (κ3) is 4.65. The van der Waals surface area contributed by atoms with Crippen LogP contribution >= 0.6 is 11.3 Å². The average Bonchev–Trinajstić information content (AvgIpc) is 3.24. The Bertz CT molecular complexity index is 885. The van der Waals surface area contributed by atoms with Gasteiger partial charge in [-0.1, -0.05) is 12.1 Å². The molecular weight excluding hydrogens is 394 g/mol. The second-order valence-electron chi connectivity index (χ2n) is 6.76. The number of aliphatic imine (C=N–C) groups is 1. The van der Waals surface area contributed by atoms with E-state index in [2.05, 4.69) is 37.6 Å². The van der Waals surface area contributed by atoms with Crippen molar-refractivity contribution in [3.05, 3.63) is 47.3 Å². The fourth-order valence-corrected chi connectivity index (χ4v) is 4.78. The number of nitrogens with zero attached hydrogens (tertiary/aromatic N) is 4. The van der Waals surface area contributed by atoms with Crippen LogP contribution in [0, 0.1) is 0 Å². The van der Waals surface area contributed by atoms with Crippen LogP contribution < -0.4 is 10.2 Å². The SMILES string of the molecule is CN=C(NCc1ccc(S(=O)(=O)N(C)C)cc1)N1CCN(c2cccs2)CC1. The number of piperazine rings is 1. The zero-order chi connectivity index (χ0) is 20.1. The lowest BCUT2D eigenvalue weighted by molar-refractivity contribution is 0.373. The van der Waals surface area contributed by atoms with Crippen LogP contribution in [-0.2, 0) is 16.6 Å². The van der Waals surface area contributed by atoms with Crippen molar-refractivity contribution in [1.82, 2.24) is 14.5 Å². The summed E-state index contributed by atoms with van der Waals surface area (Å²) >= 11 is 1.77. The first-order valence-electron chi connectivity index (χ1n) is 9.17. The van der Waals surface area contributed by atoms with Crippen LogP contribution in [-0.4, -0.2) is 70.9 Å². The molecule has 0 unspecified atom stereocenters. The Kier molecular flexibility index (Phi) is 6.58. The number of guanidine groups is 1. The highest BCUT2D eigenvalue weighted by molar-refractivity contribution is 7.89. The summed E-state index contributed by atoms with van der Waals surface area (Å²) in [6, 6.07) is 11.2. The van der Waals surface area contributed by atoms with Crippen molar-refractivity contribution in [3.63, 3.8) is 0 Å². The molecule has 28 heavy (non-hydrogen) atoms. The topological polar surface area (TPSA) is 68.2 Å². The molecule has 0 spiro atoms. The Hall–Kier alpha value is -2.10. The van der Waals surface area contributed by atoms with Gasteiger partial charge in [0.15, 0.2) is 5.96 Å². The van der Waals surface area contributed by atoms with Gasteiger partial charge in [-0.2, -0.15) is 0 Å². The van der Waals surface area contributed by atoms with Crippen LogP contribution in [0.4, 0.5) is 5.00 Å². The maximum absolute atomic E-state index is 12.2. The van der Waals surface area contributed by atoms with E-state index < -0.39 is 10.0 Å². The zero-order valence-corrected chi connectivity index (χ0v) is 18.1. The number of anilines is 1. The van der Waals surface area contributed by atoms with Gasteiger partial charge in [0.1, 0.15) is 0 Å². The monoisotopic (exact) mass is 421 g/mol. The quantitative estimate of drug-likeness (QED) is 0.590. The zero-order valence-electron chi connectivity index (χ0n) is 16.5. The van der Waals surface area contributed by atoms with Gasteiger partial charge in [-0.25, -0.2) is 12.7 Å². The molecule has 3 rings (SSSR count). The fourth-order valence-electron chi connectivity index (χ4n) is 3.09. The molecule has 1 N–H and O–H groups in total. The van der Waals surface area contributed by atoms with Gasteiger partial charge < -0.3 is 15.1 Å². The van der Waals surface area contributed by atoms with E-state index in [0.717, 1.165) is 37.7 Å². The van der Waals surface area contributed by atoms with E-state index in [4.69, 9.17) is 0 Å². The Balaban J connectivity index is 1.55. The number of nitrogens with one attached hydrogen (secondary N) is 1. The molecule has 152 valence electrons. The van der Waals surface area contributed by atoms with Crippen LogP contribution in [0.25, 0.3) is 0 Å². The maximum Gasteiger partial charge on any atom is 0.242 e. The van der Waals surface area contributed by atoms with Crippen molar-refractivity contribution in [2.24, 2.45) is 4.99 Å². The first-order chi connectivity index (χ1) is 13.4. The predicted octanol–water partition coefficient (Wildman–Crippen LogP) is 1.90. The summed E-state index contributed by atoms with van der Waals surface area (Å²) < 4.78 is 25.5. The van der Waals surface area contributed by atoms with Crippen molar-refractivity contribution in [3.8, 4) is 0 Å². The molecule has 0 bridgehead atoms. The van der Waals surface area contributed by atoms with Gasteiger partial charge in [-0.3, -0.25) is 4.99 Å². The highest BCUT2D eigenvalue weighted by atomic mass is 32.2. The number of hydrogen-bond donors (Lipinski definition) is 1. The summed E-state index contributed by atoms with van der Waals surface area (Å²) in [5.74, 6) is 0.871. The smallest absolute Gasteiger partial charge is 0.242 e. The molecule has 0 radical (unpaired) electrons. The third-order valence-corrected chi connectivity index (χ3v) is 7.52. The van der Waals surface area contributed by atoms with Crippen molar-refractivity contribution < 1.29 is 8.42 Å². The van der Waals surface area contributed by atoms with Crippen molar-refractivity contribution in [1.29, 1.82) is 0 Å². The summed E-state index contributed by atoms with van der Waals surface area (Å²) in [5.41, 5.74) is 1.01. The summed E-state index contributed by atoms with van der Waals surface area (Å²) in [7, 11) is 1.47. The number of thiophene rings is 1. The van der Waals surface area contributed by atoms with E-state index in [1.165, 1.54) is 23.4 Å². The molecule has 0 amide bonds. The fraction of sp³-hybridized carbons (Fsp3) is 0.421. The Labute approximate surface area is 171 Å². The third-order valence-electron chi connectivity index (χ3n) is 4.76. The molecule has 2 heterocycles. The minimum absolute atomic E-state index is 0.301. The van der Waals surface area contributed by atoms with E-state index >= 15 is 0 Å². The van der Waals surface area contributed by atoms with Crippen LogP contribution in [0.15, 0.2) is 51.7 Å². The maximum atomic E-state index is 12.2. The van der Waals surface area contributed by atoms with E-state index in [9.17, 15) is 8.42 Å². The molecule has 0 saturated carbocycles. The average molecular weight is 422 g/mol. The van der Waals surface area contributed by atoms with Crippen molar-refractivity contribution >= 4 is 32.3 Å². The van der Waals surface area contributed by atoms with Gasteiger partial charge in [0.25, 0.3) is 0 Å². The van der Waals surface area contributed by atoms with Crippen molar-refractivity contribution in [2.75, 3.05) is 52.2 Å². The lowest BCUT2D eigenvalue weighted by atomic mass is 10.2. The van der Waals surface area contributed by atoms with Crippen LogP contribution in [0.5, 0.6) is 0 Å². The predicted molar refractivity (Wildman–Crippen MR) is 116 cm³/mol. The Morgan fingerprint density at radius 2 is 1.82 bits per heavy atom. The minimum atomic E-state index is -3.39. The Morgan fingerprint density at radius 3 is 2.36 bits per heavy atom. The first kappa shape index (κ1) is 20.6. The van der Waals surface area contributed by atoms with E-state index in [1.54, 1.807) is 30.5 Å². The Morgan fingerprint density at radius 1 is 1.14 bits per heavy atom. The molecule has 1 fully saturated rings. The second kappa shape index (κ2) is 8.93. The molecule has 1 aliphatic heterocycles. The molecule has 0 atom stereocenters. The van der Waals surface area contributed by atoms with Gasteiger partial charge in [-0.05, 0) is 35.2 Å². The van der Waals surface area contributed by atoms with Crippen LogP contribution in [0.3, 0.4) is 0 Å². The molecule has 1 aliphatic rings. The van der Waals surface area contributed by atoms with Gasteiger partial charge in [0.05, 0.1) is 9.90 Å². The number of rotatable bonds is 5. The molecule has 2 aromatic rings. The molecule has 1 aromatic heterocycles. The largest absolute Gasteiger partial charge is 0.360 e. The molecular formula is C19H27N5O2S2. The van der Waals surface area contributed by atoms with Crippen LogP contribution in [0.2, 0.25) is 0 Å². The molecule has 9 heteroatoms. The number of hydrogen-bond acceptors (Lipinski definition) is 5. The standard InChI is InChI=1S/C19H27N5O2S2/c1-20-19(24-12-10-23(11-13-24)18-5-4-14-27-18)21-15-16-6-8-17(9-7-16)28(25,26)22(2)3/h4-9,14H,10-13,15H2,1-3H3,(H,20,21). The summed E-state index contributed by atoms with van der Waals surface area (Å²) in [5, 5.41) is 6.81. The van der Waals surface area contributed by atoms with Crippen LogP contribution in [0.1, 0.15) is 5.56 Å². The first-order valence-corrected chi connectivity index (χ1v) is 11.5. The van der Waals surface area contributed by atoms with Gasteiger partial charge in [0, 0.05) is 53.9 Å². The summed E-state index contributed by atoms with van der Waals surface area (Å²) in [4.78, 5) is 9.37. The normalized spacial score (nSPS) is 15.9. The van der Waals surface area contributed by atoms with E-state index in [0.29, 0.717) is 11.4 Å². The summed E-state index contributed by atoms with van der Waals surface area (Å²) in [6.07, 6.45) is 0. The van der Waals surface area contributed by atoms with Gasteiger partial charge >= 0.3 is 0 Å². The molecule has 0 aliphatic carbocycles. The van der Waals surface area contributed by atoms with Crippen molar-refractivity contribution in [2.45, 2.75) is 11.4 Å². The summed E-state index contributed by atoms with van der Waals surface area (Å²) in [6.45, 7) is 4.37. The second-order valence-corrected chi connectivity index (χ2v) is 9.84. The molecule has 7 nitrogen and oxygen atoms in total. The van der Waals surface area contributed by atoms with Gasteiger partial charge in [0.2, 0.25) is 10.0 Å². The van der Waals surface area contributed by atoms with E-state index in [-0.39, 0.29) is 0 Å². The highest BCUT2D eigenvalue weighted by Crippen LogP contribution is 2.22. The molecule has 1 saturated heterocycles. The molecule has 1 aromatic carbocycles. The van der Waals surface area contributed by atoms with E-state index in [1.807, 2.05) is 12.1 Å². The lowest BCUT2D eigenvalue weighted by Gasteiger charge is -2.37. The minimum Gasteiger partial charge on any atom is -0.360 e. The number of sulfonamides is 1. The van der Waals surface area contributed by atoms with Gasteiger partial charge in [-0.15, -0.1) is 11.3 Å².